The number of nitrogens with zero attached hydrogens (tertiary/aromatic N) is 2. The lowest BCUT2D eigenvalue weighted by atomic mass is 9.95. The molecular weight excluding hydrogens is 226 g/mol. The van der Waals surface area contributed by atoms with Crippen molar-refractivity contribution in [2.75, 3.05) is 45.8 Å². The molecule has 0 unspecified atom stereocenters. The molecule has 4 heteroatoms. The van der Waals surface area contributed by atoms with E-state index in [2.05, 4.69) is 24.1 Å². The maximum absolute atomic E-state index is 12.0. The lowest BCUT2D eigenvalue weighted by Crippen LogP contribution is -2.47. The van der Waals surface area contributed by atoms with Gasteiger partial charge in [0.1, 0.15) is 0 Å². The van der Waals surface area contributed by atoms with E-state index >= 15 is 0 Å². The van der Waals surface area contributed by atoms with Crippen LogP contribution in [0, 0.1) is 11.8 Å². The van der Waals surface area contributed by atoms with Crippen molar-refractivity contribution in [3.8, 4) is 0 Å². The van der Waals surface area contributed by atoms with E-state index in [-0.39, 0.29) is 0 Å². The van der Waals surface area contributed by atoms with Gasteiger partial charge in [-0.2, -0.15) is 0 Å². The highest BCUT2D eigenvalue weighted by Gasteiger charge is 2.25. The van der Waals surface area contributed by atoms with Gasteiger partial charge in [0.15, 0.2) is 0 Å². The summed E-state index contributed by atoms with van der Waals surface area (Å²) in [7, 11) is 0. The van der Waals surface area contributed by atoms with Crippen LogP contribution in [0.1, 0.15) is 26.7 Å². The Morgan fingerprint density at radius 3 is 2.61 bits per heavy atom. The third-order valence-electron chi connectivity index (χ3n) is 4.36. The molecule has 2 heterocycles. The maximum atomic E-state index is 12.0. The first-order valence-electron chi connectivity index (χ1n) is 7.37. The van der Waals surface area contributed by atoms with Crippen LogP contribution in [-0.2, 0) is 4.79 Å². The summed E-state index contributed by atoms with van der Waals surface area (Å²) in [6.45, 7) is 11.6. The summed E-state index contributed by atoms with van der Waals surface area (Å²) in [5.41, 5.74) is 0. The van der Waals surface area contributed by atoms with E-state index in [0.29, 0.717) is 12.3 Å². The molecule has 2 aliphatic heterocycles. The normalized spacial score (nSPS) is 25.9. The number of hydrogen-bond donors (Lipinski definition) is 1. The summed E-state index contributed by atoms with van der Waals surface area (Å²) in [6.07, 6.45) is 2.00. The third-order valence-corrected chi connectivity index (χ3v) is 4.36. The molecule has 2 aliphatic rings. The molecule has 2 rings (SSSR count). The molecule has 18 heavy (non-hydrogen) atoms. The Morgan fingerprint density at radius 2 is 2.00 bits per heavy atom. The molecule has 1 atom stereocenters. The molecule has 0 saturated carbocycles. The molecule has 0 spiro atoms. The van der Waals surface area contributed by atoms with Gasteiger partial charge in [-0.3, -0.25) is 4.79 Å². The number of carbonyl (C=O) groups is 1. The van der Waals surface area contributed by atoms with Crippen LogP contribution in [0.3, 0.4) is 0 Å². The summed E-state index contributed by atoms with van der Waals surface area (Å²) >= 11 is 0. The molecule has 0 aromatic rings. The van der Waals surface area contributed by atoms with Gasteiger partial charge in [-0.15, -0.1) is 0 Å². The molecule has 104 valence electrons. The average molecular weight is 253 g/mol. The van der Waals surface area contributed by atoms with E-state index in [9.17, 15) is 4.79 Å². The zero-order valence-electron chi connectivity index (χ0n) is 11.8. The van der Waals surface area contributed by atoms with Crippen LogP contribution in [0.2, 0.25) is 0 Å². The van der Waals surface area contributed by atoms with Crippen LogP contribution in [0.25, 0.3) is 0 Å². The number of amides is 1. The summed E-state index contributed by atoms with van der Waals surface area (Å²) in [6, 6.07) is 0. The minimum atomic E-state index is 0.337. The quantitative estimate of drug-likeness (QED) is 0.804. The fourth-order valence-corrected chi connectivity index (χ4v) is 2.94. The van der Waals surface area contributed by atoms with Gasteiger partial charge < -0.3 is 15.1 Å². The van der Waals surface area contributed by atoms with Gasteiger partial charge in [0, 0.05) is 45.7 Å². The predicted molar refractivity (Wildman–Crippen MR) is 73.5 cm³/mol. The van der Waals surface area contributed by atoms with Crippen molar-refractivity contribution in [3.05, 3.63) is 0 Å². The van der Waals surface area contributed by atoms with Crippen LogP contribution in [-0.4, -0.2) is 61.5 Å². The van der Waals surface area contributed by atoms with Crippen molar-refractivity contribution in [3.63, 3.8) is 0 Å². The smallest absolute Gasteiger partial charge is 0.223 e. The van der Waals surface area contributed by atoms with Crippen LogP contribution < -0.4 is 5.32 Å². The second-order valence-electron chi connectivity index (χ2n) is 5.97. The first-order valence-corrected chi connectivity index (χ1v) is 7.37. The summed E-state index contributed by atoms with van der Waals surface area (Å²) in [5.74, 6) is 1.95. The topological polar surface area (TPSA) is 35.6 Å². The summed E-state index contributed by atoms with van der Waals surface area (Å²) in [4.78, 5) is 16.5. The highest BCUT2D eigenvalue weighted by molar-refractivity contribution is 5.76. The SMILES string of the molecule is CC(C)[C@H]1CCN(CCC(=O)N2CCNCC2)C1. The zero-order valence-corrected chi connectivity index (χ0v) is 11.8. The van der Waals surface area contributed by atoms with Gasteiger partial charge in [0.25, 0.3) is 0 Å². The van der Waals surface area contributed by atoms with Crippen LogP contribution >= 0.6 is 0 Å². The highest BCUT2D eigenvalue weighted by Crippen LogP contribution is 2.23. The summed E-state index contributed by atoms with van der Waals surface area (Å²) < 4.78 is 0. The van der Waals surface area contributed by atoms with Crippen molar-refractivity contribution in [2.24, 2.45) is 11.8 Å². The van der Waals surface area contributed by atoms with Gasteiger partial charge in [0.05, 0.1) is 0 Å². The Labute approximate surface area is 111 Å². The number of rotatable bonds is 4. The van der Waals surface area contributed by atoms with E-state index in [1.807, 2.05) is 4.90 Å². The van der Waals surface area contributed by atoms with Crippen LogP contribution in [0.5, 0.6) is 0 Å². The Balaban J connectivity index is 1.67. The Kier molecular flexibility index (Phi) is 5.01. The minimum absolute atomic E-state index is 0.337. The molecule has 2 saturated heterocycles. The van der Waals surface area contributed by atoms with E-state index in [0.717, 1.165) is 44.6 Å². The monoisotopic (exact) mass is 253 g/mol. The van der Waals surface area contributed by atoms with Crippen molar-refractivity contribution in [1.82, 2.24) is 15.1 Å². The molecule has 4 nitrogen and oxygen atoms in total. The second kappa shape index (κ2) is 6.53. The molecule has 1 N–H and O–H groups in total. The van der Waals surface area contributed by atoms with Crippen molar-refractivity contribution >= 4 is 5.91 Å². The first kappa shape index (κ1) is 13.8. The molecule has 0 bridgehead atoms. The lowest BCUT2D eigenvalue weighted by molar-refractivity contribution is -0.132. The number of likely N-dealkylation sites (tertiary alicyclic amines) is 1. The number of piperazine rings is 1. The Hall–Kier alpha value is -0.610. The third kappa shape index (κ3) is 3.69. The molecular formula is C14H27N3O. The first-order chi connectivity index (χ1) is 8.66. The fourth-order valence-electron chi connectivity index (χ4n) is 2.94. The Bertz CT molecular complexity index is 274. The largest absolute Gasteiger partial charge is 0.340 e. The lowest BCUT2D eigenvalue weighted by Gasteiger charge is -2.28. The van der Waals surface area contributed by atoms with E-state index in [1.54, 1.807) is 0 Å². The second-order valence-corrected chi connectivity index (χ2v) is 5.97. The number of nitrogens with one attached hydrogen (secondary N) is 1. The van der Waals surface area contributed by atoms with E-state index < -0.39 is 0 Å². The minimum Gasteiger partial charge on any atom is -0.340 e. The van der Waals surface area contributed by atoms with Gasteiger partial charge >= 0.3 is 0 Å². The van der Waals surface area contributed by atoms with Crippen molar-refractivity contribution < 1.29 is 4.79 Å². The maximum Gasteiger partial charge on any atom is 0.223 e. The predicted octanol–water partition coefficient (Wildman–Crippen LogP) is 0.786. The number of hydrogen-bond acceptors (Lipinski definition) is 3. The van der Waals surface area contributed by atoms with E-state index in [4.69, 9.17) is 0 Å². The summed E-state index contributed by atoms with van der Waals surface area (Å²) in [5, 5.41) is 3.28. The molecule has 0 aromatic heterocycles. The van der Waals surface area contributed by atoms with Gasteiger partial charge in [-0.25, -0.2) is 0 Å². The fraction of sp³-hybridized carbons (Fsp3) is 0.929. The van der Waals surface area contributed by atoms with Crippen molar-refractivity contribution in [1.29, 1.82) is 0 Å². The average Bonchev–Trinajstić information content (AvgIpc) is 2.86. The molecule has 1 amide bonds. The molecule has 0 aliphatic carbocycles. The van der Waals surface area contributed by atoms with E-state index in [1.165, 1.54) is 19.5 Å². The molecule has 2 fully saturated rings. The van der Waals surface area contributed by atoms with Crippen LogP contribution in [0.4, 0.5) is 0 Å². The van der Waals surface area contributed by atoms with Crippen molar-refractivity contribution in [2.45, 2.75) is 26.7 Å². The zero-order chi connectivity index (χ0) is 13.0. The number of carbonyl (C=O) groups excluding carboxylic acids is 1. The van der Waals surface area contributed by atoms with Gasteiger partial charge in [-0.1, -0.05) is 13.8 Å². The van der Waals surface area contributed by atoms with Gasteiger partial charge in [-0.05, 0) is 24.8 Å². The van der Waals surface area contributed by atoms with Gasteiger partial charge in [0.2, 0.25) is 5.91 Å². The molecule has 0 radical (unpaired) electrons. The molecule has 0 aromatic carbocycles. The highest BCUT2D eigenvalue weighted by atomic mass is 16.2. The Morgan fingerprint density at radius 1 is 1.28 bits per heavy atom. The van der Waals surface area contributed by atoms with Crippen LogP contribution in [0.15, 0.2) is 0 Å². The standard InChI is InChI=1S/C14H27N3O/c1-12(2)13-3-7-16(11-13)8-4-14(18)17-9-5-15-6-10-17/h12-13,15H,3-11H2,1-2H3/t13-/m0/s1.